The molecule has 0 spiro atoms. The summed E-state index contributed by atoms with van der Waals surface area (Å²) in [4.78, 5) is 13.5. The second kappa shape index (κ2) is 6.47. The van der Waals surface area contributed by atoms with Gasteiger partial charge in [-0.05, 0) is 18.1 Å². The third-order valence-electron chi connectivity index (χ3n) is 3.06. The average molecular weight is 271 g/mol. The number of halogens is 2. The van der Waals surface area contributed by atoms with E-state index >= 15 is 0 Å². The molecule has 19 heavy (non-hydrogen) atoms. The van der Waals surface area contributed by atoms with Crippen LogP contribution in [-0.4, -0.2) is 24.4 Å². The summed E-state index contributed by atoms with van der Waals surface area (Å²) in [6.07, 6.45) is 0.927. The van der Waals surface area contributed by atoms with Gasteiger partial charge < -0.3 is 10.3 Å². The molecule has 0 bridgehead atoms. The molecule has 0 fully saturated rings. The summed E-state index contributed by atoms with van der Waals surface area (Å²) < 4.78 is 27.0. The van der Waals surface area contributed by atoms with E-state index in [9.17, 15) is 13.6 Å². The van der Waals surface area contributed by atoms with Gasteiger partial charge in [0, 0.05) is 19.2 Å². The van der Waals surface area contributed by atoms with Gasteiger partial charge in [0.25, 0.3) is 5.91 Å². The molecule has 106 valence electrons. The van der Waals surface area contributed by atoms with Crippen LogP contribution < -0.4 is 11.3 Å². The van der Waals surface area contributed by atoms with Crippen LogP contribution in [0.3, 0.4) is 0 Å². The van der Waals surface area contributed by atoms with Gasteiger partial charge in [0.15, 0.2) is 11.6 Å². The summed E-state index contributed by atoms with van der Waals surface area (Å²) in [6, 6.07) is 1.96. The van der Waals surface area contributed by atoms with Crippen LogP contribution in [0.5, 0.6) is 0 Å². The quantitative estimate of drug-likeness (QED) is 0.638. The fourth-order valence-electron chi connectivity index (χ4n) is 1.73. The van der Waals surface area contributed by atoms with Crippen LogP contribution in [-0.2, 0) is 0 Å². The second-order valence-corrected chi connectivity index (χ2v) is 4.66. The van der Waals surface area contributed by atoms with E-state index in [-0.39, 0.29) is 5.56 Å². The smallest absolute Gasteiger partial charge is 0.253 e. The third-order valence-corrected chi connectivity index (χ3v) is 3.06. The van der Waals surface area contributed by atoms with E-state index in [0.717, 1.165) is 18.6 Å². The van der Waals surface area contributed by atoms with Gasteiger partial charge in [-0.15, -0.1) is 0 Å². The molecule has 1 amide bonds. The van der Waals surface area contributed by atoms with Crippen molar-refractivity contribution >= 4 is 11.6 Å². The normalized spacial score (nSPS) is 12.1. The molecule has 1 aromatic rings. The van der Waals surface area contributed by atoms with Crippen LogP contribution >= 0.6 is 0 Å². The number of anilines is 1. The Balaban J connectivity index is 2.94. The fourth-order valence-corrected chi connectivity index (χ4v) is 1.73. The molecular formula is C13H19F2N3O. The first kappa shape index (κ1) is 15.4. The zero-order chi connectivity index (χ0) is 14.6. The Bertz CT molecular complexity index is 442. The number of hydrogen-bond donors (Lipinski definition) is 2. The van der Waals surface area contributed by atoms with Gasteiger partial charge in [0.05, 0.1) is 0 Å². The Labute approximate surface area is 111 Å². The maximum Gasteiger partial charge on any atom is 0.253 e. The molecule has 6 heteroatoms. The van der Waals surface area contributed by atoms with Crippen molar-refractivity contribution in [2.75, 3.05) is 19.0 Å². The molecule has 0 aliphatic carbocycles. The zero-order valence-electron chi connectivity index (χ0n) is 11.3. The molecule has 1 atom stereocenters. The van der Waals surface area contributed by atoms with Crippen molar-refractivity contribution in [3.63, 3.8) is 0 Å². The van der Waals surface area contributed by atoms with Gasteiger partial charge >= 0.3 is 0 Å². The number of amides is 1. The number of nitrogens with two attached hydrogens (primary N) is 1. The lowest BCUT2D eigenvalue weighted by Gasteiger charge is -2.21. The molecule has 4 nitrogen and oxygen atoms in total. The minimum Gasteiger partial charge on any atom is -0.341 e. The average Bonchev–Trinajstić information content (AvgIpc) is 2.37. The van der Waals surface area contributed by atoms with Crippen molar-refractivity contribution in [1.82, 2.24) is 4.90 Å². The van der Waals surface area contributed by atoms with E-state index in [0.29, 0.717) is 12.5 Å². The Morgan fingerprint density at radius 1 is 1.42 bits per heavy atom. The van der Waals surface area contributed by atoms with Crippen molar-refractivity contribution in [3.8, 4) is 0 Å². The van der Waals surface area contributed by atoms with Crippen molar-refractivity contribution < 1.29 is 13.6 Å². The van der Waals surface area contributed by atoms with Crippen LogP contribution in [0.4, 0.5) is 14.5 Å². The molecule has 0 aliphatic rings. The summed E-state index contributed by atoms with van der Waals surface area (Å²) >= 11 is 0. The maximum atomic E-state index is 13.5. The van der Waals surface area contributed by atoms with Gasteiger partial charge in [0.2, 0.25) is 0 Å². The first-order valence-corrected chi connectivity index (χ1v) is 6.11. The third kappa shape index (κ3) is 3.64. The molecule has 1 aromatic carbocycles. The van der Waals surface area contributed by atoms with Crippen LogP contribution in [0.25, 0.3) is 0 Å². The summed E-state index contributed by atoms with van der Waals surface area (Å²) in [5.41, 5.74) is 1.45. The molecule has 0 aromatic heterocycles. The Morgan fingerprint density at radius 3 is 2.37 bits per heavy atom. The highest BCUT2D eigenvalue weighted by atomic mass is 19.1. The van der Waals surface area contributed by atoms with Gasteiger partial charge in [-0.25, -0.2) is 8.78 Å². The molecule has 0 radical (unpaired) electrons. The minimum absolute atomic E-state index is 0.0280. The number of hydrogen-bond acceptors (Lipinski definition) is 3. The number of rotatable bonds is 5. The van der Waals surface area contributed by atoms with E-state index < -0.39 is 23.2 Å². The van der Waals surface area contributed by atoms with E-state index in [1.807, 2.05) is 19.3 Å². The van der Waals surface area contributed by atoms with Crippen molar-refractivity contribution in [1.29, 1.82) is 0 Å². The van der Waals surface area contributed by atoms with Crippen LogP contribution in [0.15, 0.2) is 12.1 Å². The van der Waals surface area contributed by atoms with Crippen molar-refractivity contribution in [2.45, 2.75) is 20.3 Å². The van der Waals surface area contributed by atoms with Crippen molar-refractivity contribution in [2.24, 2.45) is 11.8 Å². The highest BCUT2D eigenvalue weighted by Gasteiger charge is 2.18. The molecule has 0 heterocycles. The summed E-state index contributed by atoms with van der Waals surface area (Å²) in [5.74, 6) is 3.14. The monoisotopic (exact) mass is 271 g/mol. The SMILES string of the molecule is CCC(C)CN(C)C(=O)c1cc(F)c(NN)c(F)c1. The van der Waals surface area contributed by atoms with Crippen LogP contribution in [0.2, 0.25) is 0 Å². The van der Waals surface area contributed by atoms with Gasteiger partial charge in [-0.3, -0.25) is 10.6 Å². The standard InChI is InChI=1S/C13H19F2N3O/c1-4-8(2)7-18(3)13(19)9-5-10(14)12(17-16)11(15)6-9/h5-6,8,17H,4,7,16H2,1-3H3. The lowest BCUT2D eigenvalue weighted by atomic mass is 10.1. The molecule has 1 rings (SSSR count). The maximum absolute atomic E-state index is 13.5. The highest BCUT2D eigenvalue weighted by Crippen LogP contribution is 2.20. The minimum atomic E-state index is -0.886. The molecule has 0 saturated heterocycles. The number of benzene rings is 1. The number of carbonyl (C=O) groups is 1. The van der Waals surface area contributed by atoms with E-state index in [4.69, 9.17) is 5.84 Å². The summed E-state index contributed by atoms with van der Waals surface area (Å²) in [7, 11) is 1.61. The summed E-state index contributed by atoms with van der Waals surface area (Å²) in [5, 5.41) is 0. The second-order valence-electron chi connectivity index (χ2n) is 4.66. The number of nitrogens with zero attached hydrogens (tertiary/aromatic N) is 1. The van der Waals surface area contributed by atoms with E-state index in [1.165, 1.54) is 4.90 Å². The number of carbonyl (C=O) groups excluding carboxylic acids is 1. The molecular weight excluding hydrogens is 252 g/mol. The van der Waals surface area contributed by atoms with Gasteiger partial charge in [0.1, 0.15) is 5.69 Å². The first-order chi connectivity index (χ1) is 8.90. The van der Waals surface area contributed by atoms with Gasteiger partial charge in [-0.2, -0.15) is 0 Å². The predicted octanol–water partition coefficient (Wildman–Crippen LogP) is 2.37. The largest absolute Gasteiger partial charge is 0.341 e. The number of nitrogen functional groups attached to an aromatic ring is 1. The Morgan fingerprint density at radius 2 is 1.95 bits per heavy atom. The molecule has 0 saturated carbocycles. The van der Waals surface area contributed by atoms with Crippen LogP contribution in [0.1, 0.15) is 30.6 Å². The predicted molar refractivity (Wildman–Crippen MR) is 70.6 cm³/mol. The Hall–Kier alpha value is -1.69. The fraction of sp³-hybridized carbons (Fsp3) is 0.462. The number of hydrazine groups is 1. The molecule has 3 N–H and O–H groups in total. The zero-order valence-corrected chi connectivity index (χ0v) is 11.3. The first-order valence-electron chi connectivity index (χ1n) is 6.11. The highest BCUT2D eigenvalue weighted by molar-refractivity contribution is 5.94. The van der Waals surface area contributed by atoms with Gasteiger partial charge in [-0.1, -0.05) is 20.3 Å². The molecule has 1 unspecified atom stereocenters. The van der Waals surface area contributed by atoms with Crippen molar-refractivity contribution in [3.05, 3.63) is 29.3 Å². The topological polar surface area (TPSA) is 58.4 Å². The Kier molecular flexibility index (Phi) is 5.23. The summed E-state index contributed by atoms with van der Waals surface area (Å²) in [6.45, 7) is 4.56. The van der Waals surface area contributed by atoms with Crippen LogP contribution in [0, 0.1) is 17.6 Å². The lowest BCUT2D eigenvalue weighted by molar-refractivity contribution is 0.0774. The van der Waals surface area contributed by atoms with E-state index in [2.05, 4.69) is 0 Å². The molecule has 0 aliphatic heterocycles. The van der Waals surface area contributed by atoms with E-state index in [1.54, 1.807) is 7.05 Å². The lowest BCUT2D eigenvalue weighted by Crippen LogP contribution is -2.31. The number of nitrogens with one attached hydrogen (secondary N) is 1.